The molecule has 0 aliphatic heterocycles. The Morgan fingerprint density at radius 1 is 1.57 bits per heavy atom. The highest BCUT2D eigenvalue weighted by Crippen LogP contribution is 2.33. The number of imidazole rings is 1. The number of aromatic nitrogens is 2. The van der Waals surface area contributed by atoms with Gasteiger partial charge in [-0.15, -0.1) is 0 Å². The first-order valence-corrected chi connectivity index (χ1v) is 4.63. The molecule has 5 heteroatoms. The fourth-order valence-corrected chi connectivity index (χ4v) is 1.45. The zero-order valence-corrected chi connectivity index (χ0v) is 7.88. The van der Waals surface area contributed by atoms with E-state index in [-0.39, 0.29) is 5.69 Å². The lowest BCUT2D eigenvalue weighted by molar-refractivity contribution is -0.140. The summed E-state index contributed by atoms with van der Waals surface area (Å²) in [5.41, 5.74) is -0.220. The van der Waals surface area contributed by atoms with Gasteiger partial charge in [-0.1, -0.05) is 0 Å². The molecule has 0 aromatic carbocycles. The second-order valence-electron chi connectivity index (χ2n) is 3.64. The van der Waals surface area contributed by atoms with E-state index in [0.717, 1.165) is 12.8 Å². The van der Waals surface area contributed by atoms with Gasteiger partial charge in [0, 0.05) is 18.4 Å². The maximum atomic E-state index is 11.7. The summed E-state index contributed by atoms with van der Waals surface area (Å²) >= 11 is 0. The molecule has 5 nitrogen and oxygen atoms in total. The van der Waals surface area contributed by atoms with E-state index >= 15 is 0 Å². The lowest BCUT2D eigenvalue weighted by Crippen LogP contribution is -2.29. The summed E-state index contributed by atoms with van der Waals surface area (Å²) in [5.74, 6) is -0.986. The maximum absolute atomic E-state index is 11.7. The van der Waals surface area contributed by atoms with Crippen molar-refractivity contribution in [3.63, 3.8) is 0 Å². The van der Waals surface area contributed by atoms with Crippen LogP contribution in [0.3, 0.4) is 0 Å². The van der Waals surface area contributed by atoms with Crippen LogP contribution in [0.2, 0.25) is 0 Å². The summed E-state index contributed by atoms with van der Waals surface area (Å²) in [6, 6.07) is -0.493. The summed E-state index contributed by atoms with van der Waals surface area (Å²) < 4.78 is 2.86. The second kappa shape index (κ2) is 3.01. The van der Waals surface area contributed by atoms with Crippen molar-refractivity contribution in [1.82, 2.24) is 9.13 Å². The zero-order valence-electron chi connectivity index (χ0n) is 7.88. The van der Waals surface area contributed by atoms with Crippen LogP contribution in [0, 0.1) is 0 Å². The Bertz CT molecular complexity index is 414. The van der Waals surface area contributed by atoms with Gasteiger partial charge in [0.2, 0.25) is 0 Å². The van der Waals surface area contributed by atoms with Gasteiger partial charge in [0.1, 0.15) is 6.04 Å². The summed E-state index contributed by atoms with van der Waals surface area (Å²) in [6.45, 7) is 1.50. The number of nitrogens with zero attached hydrogens (tertiary/aromatic N) is 2. The second-order valence-corrected chi connectivity index (χ2v) is 3.64. The standard InChI is InChI=1S/C9H12N2O3/c1-6(8(12)13)10-4-5-11(9(10)14)7-2-3-7/h4-7H,2-3H2,1H3,(H,12,13). The predicted molar refractivity (Wildman–Crippen MR) is 49.3 cm³/mol. The van der Waals surface area contributed by atoms with Gasteiger partial charge in [-0.25, -0.2) is 9.59 Å². The van der Waals surface area contributed by atoms with E-state index in [4.69, 9.17) is 5.11 Å². The van der Waals surface area contributed by atoms with Crippen LogP contribution >= 0.6 is 0 Å². The summed E-state index contributed by atoms with van der Waals surface area (Å²) in [7, 11) is 0. The molecule has 0 radical (unpaired) electrons. The lowest BCUT2D eigenvalue weighted by atomic mass is 10.3. The predicted octanol–water partition coefficient (Wildman–Crippen LogP) is 0.630. The minimum Gasteiger partial charge on any atom is -0.480 e. The van der Waals surface area contributed by atoms with Crippen molar-refractivity contribution in [3.05, 3.63) is 22.9 Å². The molecular formula is C9H12N2O3. The van der Waals surface area contributed by atoms with E-state index in [1.807, 2.05) is 0 Å². The summed E-state index contributed by atoms with van der Waals surface area (Å²) in [4.78, 5) is 22.3. The molecule has 1 aliphatic rings. The van der Waals surface area contributed by atoms with Crippen molar-refractivity contribution in [2.24, 2.45) is 0 Å². The molecule has 1 N–H and O–H groups in total. The van der Waals surface area contributed by atoms with Gasteiger partial charge in [0.25, 0.3) is 0 Å². The molecule has 0 saturated heterocycles. The minimum atomic E-state index is -0.986. The van der Waals surface area contributed by atoms with Gasteiger partial charge in [0.15, 0.2) is 0 Å². The molecule has 1 fully saturated rings. The minimum absolute atomic E-state index is 0.220. The van der Waals surface area contributed by atoms with Crippen molar-refractivity contribution in [2.45, 2.75) is 31.8 Å². The van der Waals surface area contributed by atoms with Crippen LogP contribution in [0.1, 0.15) is 31.8 Å². The molecule has 1 heterocycles. The summed E-state index contributed by atoms with van der Waals surface area (Å²) in [6.07, 6.45) is 5.25. The highest BCUT2D eigenvalue weighted by molar-refractivity contribution is 5.71. The van der Waals surface area contributed by atoms with Gasteiger partial charge < -0.3 is 5.11 Å². The first kappa shape index (κ1) is 9.05. The van der Waals surface area contributed by atoms with E-state index < -0.39 is 12.0 Å². The van der Waals surface area contributed by atoms with Crippen LogP contribution in [0.15, 0.2) is 17.2 Å². The van der Waals surface area contributed by atoms with Gasteiger partial charge >= 0.3 is 11.7 Å². The lowest BCUT2D eigenvalue weighted by Gasteiger charge is -2.05. The fourth-order valence-electron chi connectivity index (χ4n) is 1.45. The maximum Gasteiger partial charge on any atom is 0.329 e. The Morgan fingerprint density at radius 3 is 2.71 bits per heavy atom. The van der Waals surface area contributed by atoms with Crippen LogP contribution in [0.5, 0.6) is 0 Å². The van der Waals surface area contributed by atoms with E-state index in [0.29, 0.717) is 6.04 Å². The molecule has 1 atom stereocenters. The Morgan fingerprint density at radius 2 is 2.21 bits per heavy atom. The Balaban J connectivity index is 2.35. The van der Waals surface area contributed by atoms with E-state index in [9.17, 15) is 9.59 Å². The van der Waals surface area contributed by atoms with Crippen LogP contribution in [-0.2, 0) is 4.79 Å². The van der Waals surface area contributed by atoms with E-state index in [1.54, 1.807) is 17.0 Å². The van der Waals surface area contributed by atoms with Crippen molar-refractivity contribution in [1.29, 1.82) is 0 Å². The van der Waals surface area contributed by atoms with Crippen molar-refractivity contribution in [3.8, 4) is 0 Å². The molecule has 1 aromatic heterocycles. The van der Waals surface area contributed by atoms with Crippen molar-refractivity contribution in [2.75, 3.05) is 0 Å². The molecule has 1 aliphatic carbocycles. The van der Waals surface area contributed by atoms with Gasteiger partial charge in [-0.3, -0.25) is 9.13 Å². The van der Waals surface area contributed by atoms with Crippen LogP contribution < -0.4 is 5.69 Å². The number of carboxylic acids is 1. The number of rotatable bonds is 3. The van der Waals surface area contributed by atoms with Gasteiger partial charge in [0.05, 0.1) is 0 Å². The molecule has 2 rings (SSSR count). The molecule has 0 amide bonds. The molecule has 0 spiro atoms. The third-order valence-electron chi connectivity index (χ3n) is 2.54. The first-order chi connectivity index (χ1) is 6.61. The molecule has 76 valence electrons. The Hall–Kier alpha value is -1.52. The normalized spacial score (nSPS) is 18.1. The highest BCUT2D eigenvalue weighted by Gasteiger charge is 2.27. The average molecular weight is 196 g/mol. The third-order valence-corrected chi connectivity index (χ3v) is 2.54. The van der Waals surface area contributed by atoms with Crippen LogP contribution in [0.25, 0.3) is 0 Å². The number of carboxylic acid groups (broad SMARTS) is 1. The van der Waals surface area contributed by atoms with E-state index in [1.165, 1.54) is 11.5 Å². The average Bonchev–Trinajstić information content (AvgIpc) is 2.89. The third kappa shape index (κ3) is 1.34. The smallest absolute Gasteiger partial charge is 0.329 e. The largest absolute Gasteiger partial charge is 0.480 e. The molecule has 14 heavy (non-hydrogen) atoms. The molecular weight excluding hydrogens is 184 g/mol. The highest BCUT2D eigenvalue weighted by atomic mass is 16.4. The number of hydrogen-bond acceptors (Lipinski definition) is 2. The van der Waals surface area contributed by atoms with Gasteiger partial charge in [-0.2, -0.15) is 0 Å². The monoisotopic (exact) mass is 196 g/mol. The van der Waals surface area contributed by atoms with Crippen molar-refractivity contribution < 1.29 is 9.90 Å². The first-order valence-electron chi connectivity index (χ1n) is 4.63. The zero-order chi connectivity index (χ0) is 10.3. The molecule has 1 aromatic rings. The van der Waals surface area contributed by atoms with Crippen molar-refractivity contribution >= 4 is 5.97 Å². The quantitative estimate of drug-likeness (QED) is 0.771. The Labute approximate surface area is 80.6 Å². The molecule has 1 unspecified atom stereocenters. The van der Waals surface area contributed by atoms with Gasteiger partial charge in [-0.05, 0) is 19.8 Å². The SMILES string of the molecule is CC(C(=O)O)n1ccn(C2CC2)c1=O. The van der Waals surface area contributed by atoms with Crippen LogP contribution in [-0.4, -0.2) is 20.2 Å². The summed E-state index contributed by atoms with van der Waals surface area (Å²) in [5, 5.41) is 8.75. The molecule has 1 saturated carbocycles. The topological polar surface area (TPSA) is 64.2 Å². The fraction of sp³-hybridized carbons (Fsp3) is 0.556. The van der Waals surface area contributed by atoms with E-state index in [2.05, 4.69) is 0 Å². The number of aliphatic carboxylic acids is 1. The number of hydrogen-bond donors (Lipinski definition) is 1. The Kier molecular flexibility index (Phi) is 1.94. The number of carbonyl (C=O) groups is 1. The van der Waals surface area contributed by atoms with Crippen LogP contribution in [0.4, 0.5) is 0 Å². The molecule has 0 bridgehead atoms.